The smallest absolute Gasteiger partial charge is 0.127 e. The van der Waals surface area contributed by atoms with Crippen molar-refractivity contribution >= 4 is 5.82 Å². The Morgan fingerprint density at radius 2 is 1.90 bits per heavy atom. The maximum Gasteiger partial charge on any atom is 0.127 e. The van der Waals surface area contributed by atoms with Crippen molar-refractivity contribution in [1.82, 2.24) is 9.97 Å². The molecule has 1 aromatic carbocycles. The van der Waals surface area contributed by atoms with Crippen molar-refractivity contribution in [1.29, 1.82) is 0 Å². The van der Waals surface area contributed by atoms with Gasteiger partial charge in [-0.3, -0.25) is 4.98 Å². The van der Waals surface area contributed by atoms with Crippen LogP contribution in [0.25, 0.3) is 11.1 Å². The van der Waals surface area contributed by atoms with Crippen LogP contribution in [0.1, 0.15) is 31.2 Å². The van der Waals surface area contributed by atoms with Crippen molar-refractivity contribution in [3.63, 3.8) is 0 Å². The number of pyridine rings is 2. The first-order valence-electron chi connectivity index (χ1n) is 9.91. The van der Waals surface area contributed by atoms with Gasteiger partial charge in [-0.15, -0.1) is 0 Å². The van der Waals surface area contributed by atoms with Crippen LogP contribution in [0.5, 0.6) is 5.75 Å². The lowest BCUT2D eigenvalue weighted by Gasteiger charge is -2.28. The summed E-state index contributed by atoms with van der Waals surface area (Å²) < 4.78 is 19.8. The van der Waals surface area contributed by atoms with Gasteiger partial charge in [0.05, 0.1) is 12.1 Å². The van der Waals surface area contributed by atoms with Gasteiger partial charge in [0.1, 0.15) is 24.0 Å². The molecule has 4 rings (SSSR count). The largest absolute Gasteiger partial charge is 0.488 e. The predicted octanol–water partition coefficient (Wildman–Crippen LogP) is 4.58. The maximum atomic E-state index is 13.9. The highest BCUT2D eigenvalue weighted by atomic mass is 19.1. The van der Waals surface area contributed by atoms with Gasteiger partial charge in [0.25, 0.3) is 0 Å². The van der Waals surface area contributed by atoms with E-state index in [4.69, 9.17) is 4.74 Å². The Hall–Kier alpha value is -2.99. The van der Waals surface area contributed by atoms with E-state index in [2.05, 4.69) is 15.3 Å². The molecule has 2 N–H and O–H groups in total. The number of nitrogens with zero attached hydrogens (tertiary/aromatic N) is 2. The van der Waals surface area contributed by atoms with Crippen LogP contribution in [0.2, 0.25) is 0 Å². The van der Waals surface area contributed by atoms with E-state index in [1.54, 1.807) is 24.7 Å². The minimum Gasteiger partial charge on any atom is -0.488 e. The third-order valence-corrected chi connectivity index (χ3v) is 5.22. The lowest BCUT2D eigenvalue weighted by Crippen LogP contribution is -2.36. The van der Waals surface area contributed by atoms with Crippen LogP contribution in [-0.4, -0.2) is 27.2 Å². The Labute approximate surface area is 169 Å². The molecule has 0 unspecified atom stereocenters. The van der Waals surface area contributed by atoms with E-state index in [0.29, 0.717) is 23.7 Å². The number of aromatic nitrogens is 2. The fourth-order valence-corrected chi connectivity index (χ4v) is 3.60. The topological polar surface area (TPSA) is 67.3 Å². The van der Waals surface area contributed by atoms with E-state index < -0.39 is 0 Å². The molecule has 2 atom stereocenters. The van der Waals surface area contributed by atoms with Crippen LogP contribution in [0, 0.1) is 5.82 Å². The Morgan fingerprint density at radius 1 is 1.07 bits per heavy atom. The molecule has 0 bridgehead atoms. The van der Waals surface area contributed by atoms with Crippen molar-refractivity contribution in [3.8, 4) is 16.9 Å². The third-order valence-electron chi connectivity index (χ3n) is 5.22. The van der Waals surface area contributed by atoms with Gasteiger partial charge in [-0.2, -0.15) is 0 Å². The van der Waals surface area contributed by atoms with Crippen molar-refractivity contribution in [2.24, 2.45) is 0 Å². The van der Waals surface area contributed by atoms with E-state index in [1.807, 2.05) is 24.3 Å². The van der Waals surface area contributed by atoms with E-state index in [1.165, 1.54) is 12.1 Å². The molecule has 1 fully saturated rings. The van der Waals surface area contributed by atoms with Crippen LogP contribution in [0.15, 0.2) is 61.1 Å². The quantitative estimate of drug-likeness (QED) is 0.642. The highest BCUT2D eigenvalue weighted by Gasteiger charge is 2.23. The molecule has 0 amide bonds. The Kier molecular flexibility index (Phi) is 6.00. The third kappa shape index (κ3) is 4.90. The minimum absolute atomic E-state index is 0.0236. The zero-order valence-corrected chi connectivity index (χ0v) is 16.1. The van der Waals surface area contributed by atoms with E-state index in [-0.39, 0.29) is 18.0 Å². The Bertz CT molecular complexity index is 935. The number of aliphatic hydroxyl groups excluding tert-OH is 1. The average Bonchev–Trinajstić information content (AvgIpc) is 2.76. The zero-order chi connectivity index (χ0) is 20.1. The van der Waals surface area contributed by atoms with Gasteiger partial charge in [0.15, 0.2) is 0 Å². The summed E-state index contributed by atoms with van der Waals surface area (Å²) in [5.41, 5.74) is 2.40. The number of benzene rings is 1. The number of rotatable bonds is 6. The molecule has 0 spiro atoms. The number of nitrogens with one attached hydrogen (secondary N) is 1. The molecular formula is C23H24FN3O2. The summed E-state index contributed by atoms with van der Waals surface area (Å²) in [6, 6.07) is 12.0. The molecule has 1 aliphatic carbocycles. The number of halogens is 1. The Morgan fingerprint density at radius 3 is 2.66 bits per heavy atom. The van der Waals surface area contributed by atoms with Gasteiger partial charge in [-0.1, -0.05) is 12.8 Å². The summed E-state index contributed by atoms with van der Waals surface area (Å²) in [4.78, 5) is 8.46. The molecule has 1 aliphatic rings. The first-order valence-corrected chi connectivity index (χ1v) is 9.91. The second-order valence-corrected chi connectivity index (χ2v) is 7.32. The van der Waals surface area contributed by atoms with Crippen molar-refractivity contribution < 1.29 is 14.2 Å². The molecule has 0 radical (unpaired) electrons. The minimum atomic E-state index is -0.346. The van der Waals surface area contributed by atoms with Gasteiger partial charge in [0.2, 0.25) is 0 Å². The SMILES string of the molecule is O[C@H]1CCCC[C@@H]1Nc1ccc(-c2cc(F)ccc2OCc2ccncc2)cn1. The summed E-state index contributed by atoms with van der Waals surface area (Å²) >= 11 is 0. The summed E-state index contributed by atoms with van der Waals surface area (Å²) in [6.45, 7) is 0.369. The van der Waals surface area contributed by atoms with Crippen LogP contribution >= 0.6 is 0 Å². The molecule has 2 aromatic heterocycles. The molecule has 6 heteroatoms. The molecule has 3 aromatic rings. The van der Waals surface area contributed by atoms with Gasteiger partial charge in [-0.25, -0.2) is 9.37 Å². The molecule has 2 heterocycles. The van der Waals surface area contributed by atoms with Crippen molar-refractivity contribution in [2.75, 3.05) is 5.32 Å². The fraction of sp³-hybridized carbons (Fsp3) is 0.304. The number of anilines is 1. The number of hydrogen-bond acceptors (Lipinski definition) is 5. The van der Waals surface area contributed by atoms with E-state index >= 15 is 0 Å². The van der Waals surface area contributed by atoms with Crippen molar-refractivity contribution in [3.05, 3.63) is 72.4 Å². The maximum absolute atomic E-state index is 13.9. The average molecular weight is 393 g/mol. The van der Waals surface area contributed by atoms with Gasteiger partial charge < -0.3 is 15.2 Å². The van der Waals surface area contributed by atoms with E-state index in [0.717, 1.165) is 36.8 Å². The second kappa shape index (κ2) is 9.01. The highest BCUT2D eigenvalue weighted by Crippen LogP contribution is 2.32. The fourth-order valence-electron chi connectivity index (χ4n) is 3.60. The summed E-state index contributed by atoms with van der Waals surface area (Å²) in [6.07, 6.45) is 8.69. The molecule has 0 saturated heterocycles. The molecule has 0 aliphatic heterocycles. The second-order valence-electron chi connectivity index (χ2n) is 7.32. The number of aliphatic hydroxyl groups is 1. The van der Waals surface area contributed by atoms with Crippen LogP contribution in [0.3, 0.4) is 0 Å². The molecule has 1 saturated carbocycles. The van der Waals surface area contributed by atoms with E-state index in [9.17, 15) is 9.50 Å². The monoisotopic (exact) mass is 393 g/mol. The zero-order valence-electron chi connectivity index (χ0n) is 16.1. The molecule has 29 heavy (non-hydrogen) atoms. The molecule has 150 valence electrons. The molecular weight excluding hydrogens is 369 g/mol. The standard InChI is InChI=1S/C23H24FN3O2/c24-18-6-7-22(29-15-16-9-11-25-12-10-16)19(13-18)17-5-8-23(26-14-17)27-20-3-1-2-4-21(20)28/h5-14,20-21,28H,1-4,15H2,(H,26,27)/t20-,21-/m0/s1. The summed E-state index contributed by atoms with van der Waals surface area (Å²) in [7, 11) is 0. The van der Waals surface area contributed by atoms with Crippen LogP contribution in [0.4, 0.5) is 10.2 Å². The summed E-state index contributed by atoms with van der Waals surface area (Å²) in [5, 5.41) is 13.4. The highest BCUT2D eigenvalue weighted by molar-refractivity contribution is 5.70. The number of hydrogen-bond donors (Lipinski definition) is 2. The van der Waals surface area contributed by atoms with Gasteiger partial charge in [0, 0.05) is 29.7 Å². The predicted molar refractivity (Wildman–Crippen MR) is 110 cm³/mol. The summed E-state index contributed by atoms with van der Waals surface area (Å²) in [5.74, 6) is 0.965. The first kappa shape index (κ1) is 19.3. The van der Waals surface area contributed by atoms with Crippen LogP contribution < -0.4 is 10.1 Å². The normalized spacial score (nSPS) is 19.0. The molecule has 5 nitrogen and oxygen atoms in total. The number of ether oxygens (including phenoxy) is 1. The van der Waals surface area contributed by atoms with Crippen molar-refractivity contribution in [2.45, 2.75) is 44.4 Å². The lowest BCUT2D eigenvalue weighted by molar-refractivity contribution is 0.116. The first-order chi connectivity index (χ1) is 14.2. The Balaban J connectivity index is 1.50. The van der Waals surface area contributed by atoms with Crippen LogP contribution in [-0.2, 0) is 6.61 Å². The van der Waals surface area contributed by atoms with Gasteiger partial charge in [-0.05, 0) is 60.9 Å². The van der Waals surface area contributed by atoms with Gasteiger partial charge >= 0.3 is 0 Å². The lowest BCUT2D eigenvalue weighted by atomic mass is 9.92.